The second-order valence-corrected chi connectivity index (χ2v) is 6.07. The molecule has 8 heteroatoms. The zero-order valence-corrected chi connectivity index (χ0v) is 11.6. The minimum absolute atomic E-state index is 0.0792. The average Bonchev–Trinajstić information content (AvgIpc) is 2.37. The lowest BCUT2D eigenvalue weighted by atomic mass is 10.0. The lowest BCUT2D eigenvalue weighted by Gasteiger charge is -2.13. The smallest absolute Gasteiger partial charge is 0.303 e. The lowest BCUT2D eigenvalue weighted by molar-refractivity contribution is -0.138. The van der Waals surface area contributed by atoms with E-state index in [2.05, 4.69) is 4.72 Å². The van der Waals surface area contributed by atoms with Gasteiger partial charge in [-0.3, -0.25) is 4.79 Å². The van der Waals surface area contributed by atoms with Crippen molar-refractivity contribution in [2.75, 3.05) is 6.54 Å². The van der Waals surface area contributed by atoms with Gasteiger partial charge < -0.3 is 5.11 Å². The largest absolute Gasteiger partial charge is 0.481 e. The Morgan fingerprint density at radius 1 is 1.35 bits per heavy atom. The molecular weight excluding hydrogens is 292 g/mol. The molecule has 0 amide bonds. The summed E-state index contributed by atoms with van der Waals surface area (Å²) in [6.45, 7) is 1.66. The molecule has 1 unspecified atom stereocenters. The van der Waals surface area contributed by atoms with Crippen LogP contribution in [0.5, 0.6) is 0 Å². The molecule has 1 aromatic rings. The highest BCUT2D eigenvalue weighted by molar-refractivity contribution is 7.89. The van der Waals surface area contributed by atoms with Crippen molar-refractivity contribution < 1.29 is 27.1 Å². The summed E-state index contributed by atoms with van der Waals surface area (Å²) in [7, 11) is -3.99. The summed E-state index contributed by atoms with van der Waals surface area (Å²) >= 11 is 0. The Kier molecular flexibility index (Phi) is 5.58. The quantitative estimate of drug-likeness (QED) is 0.804. The molecule has 0 radical (unpaired) electrons. The lowest BCUT2D eigenvalue weighted by Crippen LogP contribution is -2.30. The third-order valence-electron chi connectivity index (χ3n) is 2.80. The number of hydrogen-bond donors (Lipinski definition) is 2. The van der Waals surface area contributed by atoms with Crippen LogP contribution in [-0.2, 0) is 14.8 Å². The van der Waals surface area contributed by atoms with Gasteiger partial charge in [0.05, 0.1) is 4.90 Å². The topological polar surface area (TPSA) is 83.5 Å². The maximum atomic E-state index is 13.0. The first-order chi connectivity index (χ1) is 9.26. The number of benzene rings is 1. The van der Waals surface area contributed by atoms with E-state index < -0.39 is 32.5 Å². The molecule has 0 aliphatic heterocycles. The van der Waals surface area contributed by atoms with E-state index in [4.69, 9.17) is 5.11 Å². The SMILES string of the molecule is CCC(CNS(=O)(=O)c1ccc(F)c(F)c1)CC(=O)O. The fourth-order valence-electron chi connectivity index (χ4n) is 1.56. The maximum absolute atomic E-state index is 13.0. The Labute approximate surface area is 115 Å². The van der Waals surface area contributed by atoms with Crippen LogP contribution in [0.3, 0.4) is 0 Å². The molecule has 112 valence electrons. The third kappa shape index (κ3) is 4.53. The minimum Gasteiger partial charge on any atom is -0.481 e. The van der Waals surface area contributed by atoms with Gasteiger partial charge in [0.25, 0.3) is 0 Å². The molecule has 0 bridgehead atoms. The van der Waals surface area contributed by atoms with Crippen LogP contribution in [0.4, 0.5) is 8.78 Å². The van der Waals surface area contributed by atoms with Gasteiger partial charge in [0, 0.05) is 13.0 Å². The molecule has 0 saturated heterocycles. The van der Waals surface area contributed by atoms with Crippen molar-refractivity contribution in [2.45, 2.75) is 24.7 Å². The summed E-state index contributed by atoms with van der Waals surface area (Å²) in [6, 6.07) is 2.24. The van der Waals surface area contributed by atoms with Gasteiger partial charge in [0.15, 0.2) is 11.6 Å². The van der Waals surface area contributed by atoms with Crippen molar-refractivity contribution in [3.05, 3.63) is 29.8 Å². The van der Waals surface area contributed by atoms with E-state index >= 15 is 0 Å². The van der Waals surface area contributed by atoms with Gasteiger partial charge in [-0.15, -0.1) is 0 Å². The number of aliphatic carboxylic acids is 1. The fourth-order valence-corrected chi connectivity index (χ4v) is 2.69. The van der Waals surface area contributed by atoms with Crippen molar-refractivity contribution in [2.24, 2.45) is 5.92 Å². The van der Waals surface area contributed by atoms with Crippen LogP contribution >= 0.6 is 0 Å². The number of carboxylic acid groups (broad SMARTS) is 1. The van der Waals surface area contributed by atoms with Crippen LogP contribution in [0.1, 0.15) is 19.8 Å². The molecule has 0 fully saturated rings. The summed E-state index contributed by atoms with van der Waals surface area (Å²) in [4.78, 5) is 10.2. The number of rotatable bonds is 7. The standard InChI is InChI=1S/C12H15F2NO4S/c1-2-8(5-12(16)17)7-15-20(18,19)9-3-4-10(13)11(14)6-9/h3-4,6,8,15H,2,5,7H2,1H3,(H,16,17). The first-order valence-corrected chi connectivity index (χ1v) is 7.41. The molecule has 2 N–H and O–H groups in total. The van der Waals surface area contributed by atoms with Crippen molar-refractivity contribution in [3.63, 3.8) is 0 Å². The highest BCUT2D eigenvalue weighted by Gasteiger charge is 2.19. The molecule has 0 aromatic heterocycles. The van der Waals surface area contributed by atoms with Gasteiger partial charge in [-0.2, -0.15) is 0 Å². The van der Waals surface area contributed by atoms with Gasteiger partial charge in [-0.05, 0) is 24.1 Å². The zero-order valence-electron chi connectivity index (χ0n) is 10.8. The fraction of sp³-hybridized carbons (Fsp3) is 0.417. The molecule has 0 spiro atoms. The minimum atomic E-state index is -3.99. The summed E-state index contributed by atoms with van der Waals surface area (Å²) in [5.74, 6) is -3.79. The second-order valence-electron chi connectivity index (χ2n) is 4.30. The molecule has 5 nitrogen and oxygen atoms in total. The highest BCUT2D eigenvalue weighted by Crippen LogP contribution is 2.15. The Morgan fingerprint density at radius 2 is 2.00 bits per heavy atom. The number of nitrogens with one attached hydrogen (secondary N) is 1. The van der Waals surface area contributed by atoms with Gasteiger partial charge in [-0.1, -0.05) is 13.3 Å². The van der Waals surface area contributed by atoms with E-state index in [1.807, 2.05) is 0 Å². The predicted octanol–water partition coefficient (Wildman–Crippen LogP) is 1.74. The highest BCUT2D eigenvalue weighted by atomic mass is 32.2. The zero-order chi connectivity index (χ0) is 15.3. The van der Waals surface area contributed by atoms with E-state index in [0.717, 1.165) is 12.1 Å². The molecule has 20 heavy (non-hydrogen) atoms. The molecule has 0 heterocycles. The van der Waals surface area contributed by atoms with Crippen molar-refractivity contribution >= 4 is 16.0 Å². The van der Waals surface area contributed by atoms with Crippen LogP contribution < -0.4 is 4.72 Å². The number of carbonyl (C=O) groups is 1. The van der Waals surface area contributed by atoms with E-state index in [1.54, 1.807) is 6.92 Å². The monoisotopic (exact) mass is 307 g/mol. The Morgan fingerprint density at radius 3 is 2.50 bits per heavy atom. The molecular formula is C12H15F2NO4S. The number of halogens is 2. The van der Waals surface area contributed by atoms with Crippen LogP contribution in [0.15, 0.2) is 23.1 Å². The Bertz CT molecular complexity index is 589. The third-order valence-corrected chi connectivity index (χ3v) is 4.23. The van der Waals surface area contributed by atoms with Crippen molar-refractivity contribution in [3.8, 4) is 0 Å². The van der Waals surface area contributed by atoms with Crippen molar-refractivity contribution in [1.29, 1.82) is 0 Å². The number of sulfonamides is 1. The summed E-state index contributed by atoms with van der Waals surface area (Å²) < 4.78 is 51.7. The van der Waals surface area contributed by atoms with E-state index in [0.29, 0.717) is 12.5 Å². The summed E-state index contributed by atoms with van der Waals surface area (Å²) in [5.41, 5.74) is 0. The Balaban J connectivity index is 2.79. The predicted molar refractivity (Wildman–Crippen MR) is 67.6 cm³/mol. The molecule has 1 atom stereocenters. The van der Waals surface area contributed by atoms with Crippen LogP contribution in [-0.4, -0.2) is 26.0 Å². The molecule has 1 aromatic carbocycles. The van der Waals surface area contributed by atoms with Gasteiger partial charge >= 0.3 is 5.97 Å². The molecule has 0 aliphatic carbocycles. The second kappa shape index (κ2) is 6.76. The van der Waals surface area contributed by atoms with E-state index in [9.17, 15) is 22.0 Å². The van der Waals surface area contributed by atoms with Gasteiger partial charge in [-0.25, -0.2) is 21.9 Å². The van der Waals surface area contributed by atoms with Crippen LogP contribution in [0, 0.1) is 17.6 Å². The average molecular weight is 307 g/mol. The van der Waals surface area contributed by atoms with Gasteiger partial charge in [0.1, 0.15) is 0 Å². The van der Waals surface area contributed by atoms with E-state index in [-0.39, 0.29) is 18.9 Å². The van der Waals surface area contributed by atoms with Gasteiger partial charge in [0.2, 0.25) is 10.0 Å². The first kappa shape index (κ1) is 16.5. The summed E-state index contributed by atoms with van der Waals surface area (Å²) in [6.07, 6.45) is 0.309. The molecule has 0 aliphatic rings. The Hall–Kier alpha value is -1.54. The van der Waals surface area contributed by atoms with Crippen LogP contribution in [0.25, 0.3) is 0 Å². The molecule has 0 saturated carbocycles. The molecule has 1 rings (SSSR count). The normalized spacial score (nSPS) is 13.2. The van der Waals surface area contributed by atoms with Crippen LogP contribution in [0.2, 0.25) is 0 Å². The van der Waals surface area contributed by atoms with Crippen molar-refractivity contribution in [1.82, 2.24) is 4.72 Å². The summed E-state index contributed by atoms with van der Waals surface area (Å²) in [5, 5.41) is 8.66. The number of carboxylic acids is 1. The number of hydrogen-bond acceptors (Lipinski definition) is 3. The maximum Gasteiger partial charge on any atom is 0.303 e. The first-order valence-electron chi connectivity index (χ1n) is 5.92. The van der Waals surface area contributed by atoms with E-state index in [1.165, 1.54) is 0 Å².